The average Bonchev–Trinajstić information content (AvgIpc) is 2.49. The van der Waals surface area contributed by atoms with Crippen molar-refractivity contribution in [3.63, 3.8) is 0 Å². The quantitative estimate of drug-likeness (QED) is 0.601. The normalized spacial score (nSPS) is 14.4. The first-order valence-electron chi connectivity index (χ1n) is 8.18. The molecule has 0 saturated heterocycles. The molecule has 1 aromatic rings. The van der Waals surface area contributed by atoms with E-state index in [0.717, 1.165) is 6.54 Å². The topological polar surface area (TPSA) is 29.3 Å². The van der Waals surface area contributed by atoms with E-state index in [2.05, 4.69) is 66.0 Å². The van der Waals surface area contributed by atoms with Gasteiger partial charge in [-0.1, -0.05) is 73.2 Å². The molecular weight excluding hydrogens is 324 g/mol. The first-order chi connectivity index (χ1) is 10.0. The number of hydrogen-bond acceptors (Lipinski definition) is 2. The molecule has 2 nitrogen and oxygen atoms in total. The molecule has 0 bridgehead atoms. The van der Waals surface area contributed by atoms with Gasteiger partial charge >= 0.3 is 0 Å². The number of rotatable bonds is 10. The predicted molar refractivity (Wildman–Crippen MR) is 96.4 cm³/mol. The van der Waals surface area contributed by atoms with Crippen LogP contribution in [-0.4, -0.2) is 24.0 Å². The summed E-state index contributed by atoms with van der Waals surface area (Å²) >= 11 is 3.64. The highest BCUT2D eigenvalue weighted by Crippen LogP contribution is 2.25. The lowest BCUT2D eigenvalue weighted by molar-refractivity contribution is 0.122. The summed E-state index contributed by atoms with van der Waals surface area (Å²) < 4.78 is 1.18. The Balaban J connectivity index is 2.54. The molecule has 1 unspecified atom stereocenters. The lowest BCUT2D eigenvalue weighted by atomic mass is 9.92. The van der Waals surface area contributed by atoms with Crippen molar-refractivity contribution >= 4 is 15.9 Å². The van der Waals surface area contributed by atoms with Crippen LogP contribution < -0.4 is 5.73 Å². The van der Waals surface area contributed by atoms with Crippen molar-refractivity contribution in [3.05, 3.63) is 34.3 Å². The van der Waals surface area contributed by atoms with Crippen LogP contribution in [0, 0.1) is 0 Å². The minimum absolute atomic E-state index is 0.0848. The number of halogens is 1. The van der Waals surface area contributed by atoms with Crippen molar-refractivity contribution in [1.29, 1.82) is 0 Å². The van der Waals surface area contributed by atoms with Gasteiger partial charge in [-0.05, 0) is 32.0 Å². The summed E-state index contributed by atoms with van der Waals surface area (Å²) in [5.41, 5.74) is 7.50. The molecule has 0 aliphatic rings. The molecule has 0 saturated carbocycles. The van der Waals surface area contributed by atoms with Crippen LogP contribution in [0.2, 0.25) is 0 Å². The standard InChI is InChI=1S/C18H31BrN2/c1-4-5-6-7-10-13-18(2,15-20)21(3)14-16-11-8-9-12-17(16)19/h8-9,11-12H,4-7,10,13-15,20H2,1-3H3. The van der Waals surface area contributed by atoms with E-state index in [-0.39, 0.29) is 5.54 Å². The number of benzene rings is 1. The fourth-order valence-electron chi connectivity index (χ4n) is 2.63. The summed E-state index contributed by atoms with van der Waals surface area (Å²) in [4.78, 5) is 2.41. The molecular formula is C18H31BrN2. The summed E-state index contributed by atoms with van der Waals surface area (Å²) in [7, 11) is 2.19. The Morgan fingerprint density at radius 1 is 1.14 bits per heavy atom. The van der Waals surface area contributed by atoms with Crippen molar-refractivity contribution in [2.75, 3.05) is 13.6 Å². The van der Waals surface area contributed by atoms with Gasteiger partial charge in [-0.3, -0.25) is 4.90 Å². The lowest BCUT2D eigenvalue weighted by Gasteiger charge is -2.38. The van der Waals surface area contributed by atoms with Crippen LogP contribution in [0.4, 0.5) is 0 Å². The van der Waals surface area contributed by atoms with E-state index in [1.54, 1.807) is 0 Å². The number of nitrogens with zero attached hydrogens (tertiary/aromatic N) is 1. The maximum absolute atomic E-state index is 6.09. The summed E-state index contributed by atoms with van der Waals surface area (Å²) in [6.07, 6.45) is 7.78. The number of nitrogens with two attached hydrogens (primary N) is 1. The maximum atomic E-state index is 6.09. The highest BCUT2D eigenvalue weighted by atomic mass is 79.9. The van der Waals surface area contributed by atoms with E-state index in [1.807, 2.05) is 0 Å². The third kappa shape index (κ3) is 6.09. The van der Waals surface area contributed by atoms with Crippen LogP contribution in [0.5, 0.6) is 0 Å². The number of hydrogen-bond donors (Lipinski definition) is 1. The molecule has 0 radical (unpaired) electrons. The summed E-state index contributed by atoms with van der Waals surface area (Å²) in [6, 6.07) is 8.44. The van der Waals surface area contributed by atoms with Crippen LogP contribution >= 0.6 is 15.9 Å². The van der Waals surface area contributed by atoms with Crippen molar-refractivity contribution in [2.24, 2.45) is 5.73 Å². The van der Waals surface area contributed by atoms with Gasteiger partial charge in [0, 0.05) is 23.1 Å². The maximum Gasteiger partial charge on any atom is 0.0304 e. The molecule has 0 aliphatic carbocycles. The lowest BCUT2D eigenvalue weighted by Crippen LogP contribution is -2.49. The Kier molecular flexibility index (Phi) is 8.53. The first-order valence-corrected chi connectivity index (χ1v) is 8.97. The van der Waals surface area contributed by atoms with Gasteiger partial charge in [0.2, 0.25) is 0 Å². The van der Waals surface area contributed by atoms with Gasteiger partial charge in [0.05, 0.1) is 0 Å². The fourth-order valence-corrected chi connectivity index (χ4v) is 3.04. The number of likely N-dealkylation sites (N-methyl/N-ethyl adjacent to an activating group) is 1. The molecule has 2 N–H and O–H groups in total. The van der Waals surface area contributed by atoms with E-state index in [4.69, 9.17) is 5.73 Å². The summed E-state index contributed by atoms with van der Waals surface area (Å²) in [5, 5.41) is 0. The third-order valence-corrected chi connectivity index (χ3v) is 5.32. The predicted octanol–water partition coefficient (Wildman–Crippen LogP) is 4.96. The zero-order valence-corrected chi connectivity index (χ0v) is 15.5. The van der Waals surface area contributed by atoms with Crippen molar-refractivity contribution in [3.8, 4) is 0 Å². The van der Waals surface area contributed by atoms with Gasteiger partial charge in [-0.15, -0.1) is 0 Å². The van der Waals surface area contributed by atoms with Gasteiger partial charge in [0.15, 0.2) is 0 Å². The van der Waals surface area contributed by atoms with E-state index >= 15 is 0 Å². The molecule has 1 rings (SSSR count). The van der Waals surface area contributed by atoms with Crippen molar-refractivity contribution < 1.29 is 0 Å². The largest absolute Gasteiger partial charge is 0.329 e. The van der Waals surface area contributed by atoms with E-state index in [9.17, 15) is 0 Å². The summed E-state index contributed by atoms with van der Waals surface area (Å²) in [6.45, 7) is 6.20. The number of unbranched alkanes of at least 4 members (excludes halogenated alkanes) is 4. The SMILES string of the molecule is CCCCCCCC(C)(CN)N(C)Cc1ccccc1Br. The molecule has 1 aromatic carbocycles. The first kappa shape index (κ1) is 18.7. The molecule has 0 aliphatic heterocycles. The van der Waals surface area contributed by atoms with Gasteiger partial charge in [-0.25, -0.2) is 0 Å². The van der Waals surface area contributed by atoms with Crippen molar-refractivity contribution in [2.45, 2.75) is 64.5 Å². The molecule has 0 spiro atoms. The second-order valence-electron chi connectivity index (χ2n) is 6.31. The molecule has 0 aromatic heterocycles. The smallest absolute Gasteiger partial charge is 0.0304 e. The molecule has 0 heterocycles. The minimum Gasteiger partial charge on any atom is -0.329 e. The molecule has 0 amide bonds. The molecule has 3 heteroatoms. The van der Waals surface area contributed by atoms with Crippen LogP contribution in [0.3, 0.4) is 0 Å². The monoisotopic (exact) mass is 354 g/mol. The highest BCUT2D eigenvalue weighted by Gasteiger charge is 2.27. The Morgan fingerprint density at radius 2 is 1.81 bits per heavy atom. The fraction of sp³-hybridized carbons (Fsp3) is 0.667. The average molecular weight is 355 g/mol. The Morgan fingerprint density at radius 3 is 2.43 bits per heavy atom. The minimum atomic E-state index is 0.0848. The molecule has 120 valence electrons. The summed E-state index contributed by atoms with van der Waals surface area (Å²) in [5.74, 6) is 0. The van der Waals surface area contributed by atoms with Gasteiger partial charge < -0.3 is 5.73 Å². The van der Waals surface area contributed by atoms with Crippen LogP contribution in [0.25, 0.3) is 0 Å². The van der Waals surface area contributed by atoms with Gasteiger partial charge in [-0.2, -0.15) is 0 Å². The molecule has 21 heavy (non-hydrogen) atoms. The van der Waals surface area contributed by atoms with Crippen LogP contribution in [0.1, 0.15) is 57.9 Å². The third-order valence-electron chi connectivity index (χ3n) is 4.55. The second-order valence-corrected chi connectivity index (χ2v) is 7.17. The molecule has 1 atom stereocenters. The second kappa shape index (κ2) is 9.60. The Bertz CT molecular complexity index is 408. The van der Waals surface area contributed by atoms with Crippen molar-refractivity contribution in [1.82, 2.24) is 4.90 Å². The van der Waals surface area contributed by atoms with Crippen LogP contribution in [0.15, 0.2) is 28.7 Å². The van der Waals surface area contributed by atoms with Gasteiger partial charge in [0.1, 0.15) is 0 Å². The molecule has 0 fully saturated rings. The Labute approximate surface area is 139 Å². The van der Waals surface area contributed by atoms with E-state index in [1.165, 1.54) is 48.6 Å². The van der Waals surface area contributed by atoms with Gasteiger partial charge in [0.25, 0.3) is 0 Å². The Hall–Kier alpha value is -0.380. The van der Waals surface area contributed by atoms with E-state index in [0.29, 0.717) is 6.54 Å². The van der Waals surface area contributed by atoms with Crippen LogP contribution in [-0.2, 0) is 6.54 Å². The van der Waals surface area contributed by atoms with E-state index < -0.39 is 0 Å². The zero-order valence-electron chi connectivity index (χ0n) is 13.9. The highest BCUT2D eigenvalue weighted by molar-refractivity contribution is 9.10. The zero-order chi connectivity index (χ0) is 15.7.